The van der Waals surface area contributed by atoms with Crippen molar-refractivity contribution < 1.29 is 9.13 Å². The zero-order valence-electron chi connectivity index (χ0n) is 14.8. The number of nitrogens with two attached hydrogens (primary N) is 1. The summed E-state index contributed by atoms with van der Waals surface area (Å²) in [6.45, 7) is 4.02. The van der Waals surface area contributed by atoms with Crippen LogP contribution in [0.25, 0.3) is 10.9 Å². The molecule has 0 aliphatic heterocycles. The third-order valence-electron chi connectivity index (χ3n) is 4.92. The molecule has 26 heavy (non-hydrogen) atoms. The molecule has 0 unspecified atom stereocenters. The first-order valence-electron chi connectivity index (χ1n) is 8.70. The molecule has 3 N–H and O–H groups in total. The lowest BCUT2D eigenvalue weighted by Crippen LogP contribution is -2.39. The number of hydrogen-bond acceptors (Lipinski definition) is 5. The highest BCUT2D eigenvalue weighted by atomic mass is 19.1. The molecule has 4 rings (SSSR count). The monoisotopic (exact) mass is 352 g/mol. The van der Waals surface area contributed by atoms with Crippen molar-refractivity contribution in [2.24, 2.45) is 0 Å². The van der Waals surface area contributed by atoms with Crippen molar-refractivity contribution in [3.8, 4) is 5.75 Å². The summed E-state index contributed by atoms with van der Waals surface area (Å²) < 4.78 is 19.9. The third kappa shape index (κ3) is 3.03. The van der Waals surface area contributed by atoms with Gasteiger partial charge in [-0.2, -0.15) is 0 Å². The van der Waals surface area contributed by atoms with Crippen molar-refractivity contribution >= 4 is 28.1 Å². The zero-order chi connectivity index (χ0) is 18.3. The first-order chi connectivity index (χ1) is 12.4. The Bertz CT molecular complexity index is 985. The Hall–Kier alpha value is -2.89. The number of aromatic nitrogens is 2. The van der Waals surface area contributed by atoms with Gasteiger partial charge in [0.05, 0.1) is 11.2 Å². The maximum absolute atomic E-state index is 13.8. The third-order valence-corrected chi connectivity index (χ3v) is 4.92. The summed E-state index contributed by atoms with van der Waals surface area (Å²) in [5.41, 5.74) is 8.75. The van der Waals surface area contributed by atoms with Crippen LogP contribution in [0.5, 0.6) is 5.75 Å². The molecule has 0 atom stereocenters. The van der Waals surface area contributed by atoms with E-state index in [4.69, 9.17) is 10.5 Å². The molecule has 2 aromatic carbocycles. The highest BCUT2D eigenvalue weighted by Gasteiger charge is 2.34. The topological polar surface area (TPSA) is 73.1 Å². The fourth-order valence-electron chi connectivity index (χ4n) is 3.37. The van der Waals surface area contributed by atoms with Crippen molar-refractivity contribution in [1.29, 1.82) is 0 Å². The zero-order valence-corrected chi connectivity index (χ0v) is 14.8. The Morgan fingerprint density at radius 1 is 1.19 bits per heavy atom. The molecule has 0 saturated heterocycles. The highest BCUT2D eigenvalue weighted by Crippen LogP contribution is 2.40. The molecular formula is C20H21FN4O. The summed E-state index contributed by atoms with van der Waals surface area (Å²) in [4.78, 5) is 8.68. The Kier molecular flexibility index (Phi) is 3.90. The Labute approximate surface area is 151 Å². The SMILES string of the molecule is Cc1cc(N)cc2ncnc(Nc3ccc(F)cc3OC3(C)CCC3)c12. The number of nitrogens with zero attached hydrogens (tertiary/aromatic N) is 2. The van der Waals surface area contributed by atoms with Crippen LogP contribution >= 0.6 is 0 Å². The number of ether oxygens (including phenoxy) is 1. The molecule has 1 aliphatic rings. The lowest BCUT2D eigenvalue weighted by atomic mass is 9.82. The van der Waals surface area contributed by atoms with Crippen LogP contribution in [0.2, 0.25) is 0 Å². The second-order valence-corrected chi connectivity index (χ2v) is 7.13. The number of hydrogen-bond donors (Lipinski definition) is 2. The van der Waals surface area contributed by atoms with Gasteiger partial charge in [-0.05, 0) is 62.9 Å². The molecule has 1 fully saturated rings. The van der Waals surface area contributed by atoms with Crippen molar-refractivity contribution in [2.75, 3.05) is 11.1 Å². The molecule has 5 nitrogen and oxygen atoms in total. The van der Waals surface area contributed by atoms with Gasteiger partial charge < -0.3 is 15.8 Å². The van der Waals surface area contributed by atoms with Crippen LogP contribution in [0, 0.1) is 12.7 Å². The molecule has 134 valence electrons. The van der Waals surface area contributed by atoms with E-state index in [1.54, 1.807) is 6.07 Å². The second-order valence-electron chi connectivity index (χ2n) is 7.13. The van der Waals surface area contributed by atoms with Gasteiger partial charge in [0.25, 0.3) is 0 Å². The first kappa shape index (κ1) is 16.6. The molecule has 0 radical (unpaired) electrons. The average Bonchev–Trinajstić information content (AvgIpc) is 2.55. The molecule has 1 saturated carbocycles. The standard InChI is InChI=1S/C20H21FN4O/c1-12-8-14(22)10-16-18(12)19(24-11-23-16)25-15-5-4-13(21)9-17(15)26-20(2)6-3-7-20/h4-5,8-11H,3,6-7,22H2,1-2H3,(H,23,24,25). The Morgan fingerprint density at radius 2 is 2.00 bits per heavy atom. The molecule has 3 aromatic rings. The van der Waals surface area contributed by atoms with E-state index in [9.17, 15) is 4.39 Å². The van der Waals surface area contributed by atoms with E-state index in [1.165, 1.54) is 18.5 Å². The molecule has 1 heterocycles. The molecule has 0 bridgehead atoms. The number of fused-ring (bicyclic) bond motifs is 1. The minimum Gasteiger partial charge on any atom is -0.485 e. The van der Waals surface area contributed by atoms with Gasteiger partial charge in [-0.3, -0.25) is 0 Å². The maximum atomic E-state index is 13.8. The number of nitrogens with one attached hydrogen (secondary N) is 1. The fraction of sp³-hybridized carbons (Fsp3) is 0.300. The first-order valence-corrected chi connectivity index (χ1v) is 8.70. The van der Waals surface area contributed by atoms with Gasteiger partial charge in [-0.15, -0.1) is 0 Å². The smallest absolute Gasteiger partial charge is 0.146 e. The maximum Gasteiger partial charge on any atom is 0.146 e. The second kappa shape index (κ2) is 6.12. The summed E-state index contributed by atoms with van der Waals surface area (Å²) in [6.07, 6.45) is 4.56. The number of nitrogen functional groups attached to an aromatic ring is 1. The van der Waals surface area contributed by atoms with Crippen molar-refractivity contribution in [3.05, 3.63) is 48.0 Å². The van der Waals surface area contributed by atoms with E-state index in [0.717, 1.165) is 35.7 Å². The van der Waals surface area contributed by atoms with Crippen LogP contribution in [0.4, 0.5) is 21.6 Å². The van der Waals surface area contributed by atoms with Crippen molar-refractivity contribution in [2.45, 2.75) is 38.7 Å². The van der Waals surface area contributed by atoms with E-state index < -0.39 is 0 Å². The predicted molar refractivity (Wildman–Crippen MR) is 101 cm³/mol. The van der Waals surface area contributed by atoms with Gasteiger partial charge in [0.15, 0.2) is 0 Å². The van der Waals surface area contributed by atoms with Crippen molar-refractivity contribution in [3.63, 3.8) is 0 Å². The number of rotatable bonds is 4. The van der Waals surface area contributed by atoms with E-state index in [1.807, 2.05) is 19.1 Å². The molecule has 0 amide bonds. The molecule has 6 heteroatoms. The van der Waals surface area contributed by atoms with Crippen LogP contribution in [0.15, 0.2) is 36.7 Å². The van der Waals surface area contributed by atoms with E-state index in [2.05, 4.69) is 22.2 Å². The minimum absolute atomic E-state index is 0.234. The van der Waals surface area contributed by atoms with E-state index in [0.29, 0.717) is 22.9 Å². The lowest BCUT2D eigenvalue weighted by Gasteiger charge is -2.39. The Balaban J connectivity index is 1.75. The van der Waals surface area contributed by atoms with Crippen LogP contribution in [0.1, 0.15) is 31.7 Å². The van der Waals surface area contributed by atoms with Crippen LogP contribution in [0.3, 0.4) is 0 Å². The number of anilines is 3. The normalized spacial score (nSPS) is 15.5. The Morgan fingerprint density at radius 3 is 2.73 bits per heavy atom. The average molecular weight is 352 g/mol. The minimum atomic E-state index is -0.329. The summed E-state index contributed by atoms with van der Waals surface area (Å²) in [7, 11) is 0. The summed E-state index contributed by atoms with van der Waals surface area (Å²) in [5.74, 6) is 0.805. The van der Waals surface area contributed by atoms with Gasteiger partial charge in [0.2, 0.25) is 0 Å². The van der Waals surface area contributed by atoms with Gasteiger partial charge in [-0.1, -0.05) is 0 Å². The van der Waals surface area contributed by atoms with Crippen molar-refractivity contribution in [1.82, 2.24) is 9.97 Å². The van der Waals surface area contributed by atoms with Gasteiger partial charge in [-0.25, -0.2) is 14.4 Å². The van der Waals surface area contributed by atoms with Gasteiger partial charge >= 0.3 is 0 Å². The summed E-state index contributed by atoms with van der Waals surface area (Å²) in [6, 6.07) is 8.20. The number of halogens is 1. The largest absolute Gasteiger partial charge is 0.485 e. The summed E-state index contributed by atoms with van der Waals surface area (Å²) in [5, 5.41) is 4.17. The van der Waals surface area contributed by atoms with Gasteiger partial charge in [0.1, 0.15) is 29.3 Å². The van der Waals surface area contributed by atoms with E-state index >= 15 is 0 Å². The molecule has 1 aliphatic carbocycles. The summed E-state index contributed by atoms with van der Waals surface area (Å²) >= 11 is 0. The molecular weight excluding hydrogens is 331 g/mol. The predicted octanol–water partition coefficient (Wildman–Crippen LogP) is 4.72. The molecule has 0 spiro atoms. The van der Waals surface area contributed by atoms with E-state index in [-0.39, 0.29) is 11.4 Å². The van der Waals surface area contributed by atoms with Crippen LogP contribution in [-0.2, 0) is 0 Å². The molecule has 1 aromatic heterocycles. The highest BCUT2D eigenvalue weighted by molar-refractivity contribution is 5.95. The lowest BCUT2D eigenvalue weighted by molar-refractivity contribution is 0.0117. The fourth-order valence-corrected chi connectivity index (χ4v) is 3.37. The number of benzene rings is 2. The quantitative estimate of drug-likeness (QED) is 0.665. The van der Waals surface area contributed by atoms with Crippen LogP contribution < -0.4 is 15.8 Å². The number of aryl methyl sites for hydroxylation is 1. The van der Waals surface area contributed by atoms with Gasteiger partial charge in [0, 0.05) is 17.1 Å². The van der Waals surface area contributed by atoms with Crippen LogP contribution in [-0.4, -0.2) is 15.6 Å².